The Labute approximate surface area is 108 Å². The maximum absolute atomic E-state index is 11.9. The molecule has 7 heteroatoms. The smallest absolute Gasteiger partial charge is 0.446 e. The van der Waals surface area contributed by atoms with Crippen LogP contribution in [0.1, 0.15) is 19.8 Å². The quantitative estimate of drug-likeness (QED) is 0.740. The summed E-state index contributed by atoms with van der Waals surface area (Å²) in [4.78, 5) is 34.1. The Bertz CT molecular complexity index is 315. The Morgan fingerprint density at radius 2 is 2.29 bits per heavy atom. The van der Waals surface area contributed by atoms with Crippen molar-refractivity contribution in [3.63, 3.8) is 0 Å². The van der Waals surface area contributed by atoms with Gasteiger partial charge in [0.05, 0.1) is 16.3 Å². The summed E-state index contributed by atoms with van der Waals surface area (Å²) in [5.41, 5.74) is 0. The van der Waals surface area contributed by atoms with Crippen LogP contribution in [0.2, 0.25) is 0 Å². The molecule has 96 valence electrons. The highest BCUT2D eigenvalue weighted by Gasteiger charge is 2.40. The van der Waals surface area contributed by atoms with Gasteiger partial charge in [-0.15, -0.1) is 11.8 Å². The predicted molar refractivity (Wildman–Crippen MR) is 68.5 cm³/mol. The van der Waals surface area contributed by atoms with Gasteiger partial charge in [0.15, 0.2) is 0 Å². The van der Waals surface area contributed by atoms with Crippen LogP contribution in [0.5, 0.6) is 0 Å². The second kappa shape index (κ2) is 7.00. The number of carbonyl (C=O) groups is 2. The summed E-state index contributed by atoms with van der Waals surface area (Å²) < 4.78 is 0.559. The average molecular weight is 278 g/mol. The van der Waals surface area contributed by atoms with E-state index in [1.807, 2.05) is 0 Å². The van der Waals surface area contributed by atoms with Crippen molar-refractivity contribution in [2.45, 2.75) is 31.1 Å². The molecule has 1 heterocycles. The molecule has 0 aromatic heterocycles. The molecule has 1 rings (SSSR count). The molecule has 17 heavy (non-hydrogen) atoms. The summed E-state index contributed by atoms with van der Waals surface area (Å²) in [5, 5.41) is 8.03. The van der Waals surface area contributed by atoms with E-state index < -0.39 is 17.1 Å². The van der Waals surface area contributed by atoms with Gasteiger partial charge in [-0.05, 0) is 6.42 Å². The maximum atomic E-state index is 11.9. The molecule has 2 unspecified atom stereocenters. The van der Waals surface area contributed by atoms with Gasteiger partial charge in [0.25, 0.3) is 0 Å². The zero-order valence-electron chi connectivity index (χ0n) is 9.63. The molecule has 0 aromatic carbocycles. The van der Waals surface area contributed by atoms with Crippen LogP contribution >= 0.6 is 23.5 Å². The van der Waals surface area contributed by atoms with Gasteiger partial charge in [0.1, 0.15) is 5.25 Å². The molecule has 1 aliphatic heterocycles. The summed E-state index contributed by atoms with van der Waals surface area (Å²) in [5.74, 6) is 0.0177. The lowest BCUT2D eigenvalue weighted by atomic mass is 10.2. The first kappa shape index (κ1) is 14.5. The van der Waals surface area contributed by atoms with Crippen LogP contribution in [0.15, 0.2) is 0 Å². The van der Waals surface area contributed by atoms with Gasteiger partial charge >= 0.3 is 11.9 Å². The van der Waals surface area contributed by atoms with Crippen molar-refractivity contribution < 1.29 is 19.5 Å². The zero-order valence-corrected chi connectivity index (χ0v) is 11.3. The first-order chi connectivity index (χ1) is 8.06. The third-order valence-electron chi connectivity index (χ3n) is 2.51. The van der Waals surface area contributed by atoms with E-state index >= 15 is 0 Å². The van der Waals surface area contributed by atoms with E-state index in [2.05, 4.69) is 0 Å². The van der Waals surface area contributed by atoms with Gasteiger partial charge in [0.2, 0.25) is 6.04 Å². The predicted octanol–water partition coefficient (Wildman–Crippen LogP) is 1.39. The molecule has 1 aliphatic rings. The van der Waals surface area contributed by atoms with Gasteiger partial charge < -0.3 is 5.11 Å². The fraction of sp³-hybridized carbons (Fsp3) is 0.800. The van der Waals surface area contributed by atoms with Crippen molar-refractivity contribution in [3.05, 3.63) is 4.91 Å². The van der Waals surface area contributed by atoms with Crippen molar-refractivity contribution in [2.24, 2.45) is 0 Å². The molecule has 0 radical (unpaired) electrons. The maximum Gasteiger partial charge on any atom is 0.446 e. The molecule has 0 aliphatic carbocycles. The van der Waals surface area contributed by atoms with Crippen LogP contribution in [0.4, 0.5) is 0 Å². The monoisotopic (exact) mass is 278 g/mol. The number of aliphatic carboxylic acids is 1. The van der Waals surface area contributed by atoms with E-state index in [0.717, 1.165) is 23.9 Å². The number of hydrogen-bond donors (Lipinski definition) is 1. The lowest BCUT2D eigenvalue weighted by Crippen LogP contribution is -2.36. The lowest BCUT2D eigenvalue weighted by Gasteiger charge is -2.07. The summed E-state index contributed by atoms with van der Waals surface area (Å²) >= 11 is 2.70. The Kier molecular flexibility index (Phi) is 5.97. The van der Waals surface area contributed by atoms with E-state index in [0.29, 0.717) is 16.9 Å². The van der Waals surface area contributed by atoms with Crippen molar-refractivity contribution in [1.82, 2.24) is 0 Å². The second-order valence-corrected chi connectivity index (χ2v) is 6.12. The average Bonchev–Trinajstić information content (AvgIpc) is 2.81. The van der Waals surface area contributed by atoms with Crippen molar-refractivity contribution in [3.8, 4) is 0 Å². The third kappa shape index (κ3) is 4.31. The number of nitrogens with zero attached hydrogens (tertiary/aromatic N) is 1. The lowest BCUT2D eigenvalue weighted by molar-refractivity contribution is -0.501. The van der Waals surface area contributed by atoms with Gasteiger partial charge in [-0.2, -0.15) is 11.8 Å². The zero-order chi connectivity index (χ0) is 12.8. The minimum Gasteiger partial charge on any atom is -0.481 e. The molecule has 2 atom stereocenters. The molecule has 0 aromatic rings. The van der Waals surface area contributed by atoms with Gasteiger partial charge in [-0.25, -0.2) is 4.79 Å². The third-order valence-corrected chi connectivity index (χ3v) is 5.00. The number of carboxylic acid groups (broad SMARTS) is 1. The van der Waals surface area contributed by atoms with Crippen molar-refractivity contribution in [1.29, 1.82) is 0 Å². The topological polar surface area (TPSA) is 74.4 Å². The molecule has 0 bridgehead atoms. The highest BCUT2D eigenvalue weighted by molar-refractivity contribution is 8.01. The Balaban J connectivity index is 2.52. The molecule has 1 N–H and O–H groups in total. The number of thioether (sulfide) groups is 2. The molecule has 1 fully saturated rings. The largest absolute Gasteiger partial charge is 0.481 e. The number of carboxylic acids is 1. The number of amides is 1. The van der Waals surface area contributed by atoms with Crippen molar-refractivity contribution >= 4 is 35.4 Å². The Morgan fingerprint density at radius 1 is 1.59 bits per heavy atom. The Morgan fingerprint density at radius 3 is 2.76 bits per heavy atom. The summed E-state index contributed by atoms with van der Waals surface area (Å²) in [7, 11) is 0. The molecular formula is C10H16NO4S2+. The van der Waals surface area contributed by atoms with Crippen LogP contribution in [0.25, 0.3) is 0 Å². The van der Waals surface area contributed by atoms with Crippen LogP contribution in [0, 0.1) is 4.91 Å². The molecular weight excluding hydrogens is 262 g/mol. The van der Waals surface area contributed by atoms with Gasteiger partial charge in [-0.1, -0.05) is 6.92 Å². The first-order valence-electron chi connectivity index (χ1n) is 5.47. The minimum atomic E-state index is -0.963. The SMILES string of the molecule is CCC(SCC(=O)O)C(=O)[N+](=O)C1CCSC1. The molecule has 0 saturated carbocycles. The van der Waals surface area contributed by atoms with Crippen LogP contribution in [-0.2, 0) is 9.59 Å². The fourth-order valence-corrected chi connectivity index (χ4v) is 3.57. The number of hydrogen-bond acceptors (Lipinski definition) is 5. The van der Waals surface area contributed by atoms with E-state index in [9.17, 15) is 14.5 Å². The van der Waals surface area contributed by atoms with Crippen LogP contribution in [-0.4, -0.2) is 50.3 Å². The second-order valence-electron chi connectivity index (χ2n) is 3.78. The van der Waals surface area contributed by atoms with Crippen LogP contribution in [0.3, 0.4) is 0 Å². The molecule has 1 amide bonds. The molecule has 5 nitrogen and oxygen atoms in total. The van der Waals surface area contributed by atoms with Gasteiger partial charge in [-0.3, -0.25) is 4.79 Å². The Hall–Kier alpha value is -0.560. The van der Waals surface area contributed by atoms with Gasteiger partial charge in [0, 0.05) is 17.1 Å². The minimum absolute atomic E-state index is 0.141. The van der Waals surface area contributed by atoms with E-state index in [4.69, 9.17) is 5.11 Å². The molecule has 0 spiro atoms. The van der Waals surface area contributed by atoms with Crippen molar-refractivity contribution in [2.75, 3.05) is 17.3 Å². The van der Waals surface area contributed by atoms with E-state index in [1.165, 1.54) is 0 Å². The summed E-state index contributed by atoms with van der Waals surface area (Å²) in [6.45, 7) is 1.79. The highest BCUT2D eigenvalue weighted by Crippen LogP contribution is 2.23. The highest BCUT2D eigenvalue weighted by atomic mass is 32.2. The number of nitroso groups, excluding NO2 is 1. The summed E-state index contributed by atoms with van der Waals surface area (Å²) in [6.07, 6.45) is 1.22. The van der Waals surface area contributed by atoms with E-state index in [1.54, 1.807) is 18.7 Å². The molecule has 1 saturated heterocycles. The number of carbonyl (C=O) groups excluding carboxylic acids is 1. The normalized spacial score (nSPS) is 21.1. The standard InChI is InChI=1S/C10H15NO4S2/c1-2-8(17-6-9(12)13)10(14)11(15)7-3-4-16-5-7/h7-8H,2-6H2,1H3/p+1. The fourth-order valence-electron chi connectivity index (χ4n) is 1.56. The first-order valence-corrected chi connectivity index (χ1v) is 7.68. The van der Waals surface area contributed by atoms with Crippen LogP contribution < -0.4 is 0 Å². The number of rotatable bonds is 6. The van der Waals surface area contributed by atoms with E-state index in [-0.39, 0.29) is 11.8 Å². The summed E-state index contributed by atoms with van der Waals surface area (Å²) in [6, 6.07) is -0.230.